The van der Waals surface area contributed by atoms with Crippen molar-refractivity contribution in [2.75, 3.05) is 30.3 Å². The molecule has 0 aromatic heterocycles. The fraction of sp³-hybridized carbons (Fsp3) is 0.533. The van der Waals surface area contributed by atoms with Crippen molar-refractivity contribution in [3.05, 3.63) is 29.8 Å². The van der Waals surface area contributed by atoms with Crippen LogP contribution < -0.4 is 9.62 Å². The first kappa shape index (κ1) is 16.9. The number of ether oxygens (including phenoxy) is 1. The smallest absolute Gasteiger partial charge is 0.253 e. The van der Waals surface area contributed by atoms with E-state index in [2.05, 4.69) is 4.72 Å². The zero-order valence-corrected chi connectivity index (χ0v) is 13.7. The molecule has 7 heteroatoms. The molecule has 1 atom stereocenters. The number of hydrogen-bond acceptors (Lipinski definition) is 4. The summed E-state index contributed by atoms with van der Waals surface area (Å²) in [6.45, 7) is 4.28. The largest absolute Gasteiger partial charge is 0.365 e. The molecule has 22 heavy (non-hydrogen) atoms. The van der Waals surface area contributed by atoms with Crippen molar-refractivity contribution < 1.29 is 17.9 Å². The van der Waals surface area contributed by atoms with E-state index in [1.807, 2.05) is 38.1 Å². The molecule has 0 aliphatic carbocycles. The van der Waals surface area contributed by atoms with Gasteiger partial charge in [-0.1, -0.05) is 24.6 Å². The standard InChI is InChI=1S/C15H22N2O4S/c1-3-8-22(19,20)16-9-14-10-17(15(18)11-21-14)13-6-4-12(2)5-7-13/h4-7,14,16H,3,8-11H2,1-2H3. The molecule has 1 aromatic carbocycles. The normalized spacial score (nSPS) is 19.5. The fourth-order valence-electron chi connectivity index (χ4n) is 2.28. The van der Waals surface area contributed by atoms with E-state index in [9.17, 15) is 13.2 Å². The number of anilines is 1. The quantitative estimate of drug-likeness (QED) is 0.848. The molecular weight excluding hydrogens is 304 g/mol. The molecule has 0 bridgehead atoms. The van der Waals surface area contributed by atoms with E-state index >= 15 is 0 Å². The molecule has 1 amide bonds. The number of nitrogens with zero attached hydrogens (tertiary/aromatic N) is 1. The number of carbonyl (C=O) groups excluding carboxylic acids is 1. The van der Waals surface area contributed by atoms with Gasteiger partial charge >= 0.3 is 0 Å². The lowest BCUT2D eigenvalue weighted by Gasteiger charge is -2.32. The van der Waals surface area contributed by atoms with E-state index in [0.29, 0.717) is 13.0 Å². The molecule has 1 aliphatic rings. The number of carbonyl (C=O) groups is 1. The van der Waals surface area contributed by atoms with Gasteiger partial charge in [0.1, 0.15) is 6.61 Å². The van der Waals surface area contributed by atoms with Gasteiger partial charge in [-0.05, 0) is 25.5 Å². The predicted octanol–water partition coefficient (Wildman–Crippen LogP) is 1.06. The molecule has 1 saturated heterocycles. The third-order valence-electron chi connectivity index (χ3n) is 3.48. The molecule has 0 radical (unpaired) electrons. The number of benzene rings is 1. The Balaban J connectivity index is 1.99. The molecule has 1 aliphatic heterocycles. The minimum absolute atomic E-state index is 0.0337. The molecule has 0 saturated carbocycles. The summed E-state index contributed by atoms with van der Waals surface area (Å²) in [4.78, 5) is 13.6. The van der Waals surface area contributed by atoms with Crippen LogP contribution in [0.25, 0.3) is 0 Å². The first-order valence-corrected chi connectivity index (χ1v) is 9.02. The highest BCUT2D eigenvalue weighted by Gasteiger charge is 2.28. The average molecular weight is 326 g/mol. The Morgan fingerprint density at radius 2 is 2.00 bits per heavy atom. The number of morpholine rings is 1. The summed E-state index contributed by atoms with van der Waals surface area (Å²) in [5.74, 6) is -0.0168. The molecule has 122 valence electrons. The lowest BCUT2D eigenvalue weighted by atomic mass is 10.2. The SMILES string of the molecule is CCCS(=O)(=O)NCC1CN(c2ccc(C)cc2)C(=O)CO1. The summed E-state index contributed by atoms with van der Waals surface area (Å²) in [5.41, 5.74) is 1.92. The zero-order chi connectivity index (χ0) is 16.2. The van der Waals surface area contributed by atoms with E-state index < -0.39 is 10.0 Å². The Hall–Kier alpha value is -1.44. The highest BCUT2D eigenvalue weighted by Crippen LogP contribution is 2.19. The van der Waals surface area contributed by atoms with E-state index in [1.165, 1.54) is 0 Å². The van der Waals surface area contributed by atoms with Crippen LogP contribution in [0.4, 0.5) is 5.69 Å². The van der Waals surface area contributed by atoms with E-state index in [4.69, 9.17) is 4.74 Å². The van der Waals surface area contributed by atoms with Gasteiger partial charge in [0.05, 0.1) is 18.4 Å². The number of rotatable bonds is 6. The van der Waals surface area contributed by atoms with Crippen LogP contribution in [0.3, 0.4) is 0 Å². The van der Waals surface area contributed by atoms with Gasteiger partial charge in [0.2, 0.25) is 10.0 Å². The van der Waals surface area contributed by atoms with Crippen molar-refractivity contribution in [3.8, 4) is 0 Å². The summed E-state index contributed by atoms with van der Waals surface area (Å²) >= 11 is 0. The van der Waals surface area contributed by atoms with Gasteiger partial charge in [-0.2, -0.15) is 0 Å². The molecule has 1 N–H and O–H groups in total. The van der Waals surface area contributed by atoms with E-state index in [-0.39, 0.29) is 30.9 Å². The first-order valence-electron chi connectivity index (χ1n) is 7.37. The summed E-state index contributed by atoms with van der Waals surface area (Å²) in [7, 11) is -3.27. The second-order valence-corrected chi connectivity index (χ2v) is 7.37. The number of amides is 1. The topological polar surface area (TPSA) is 75.7 Å². The summed E-state index contributed by atoms with van der Waals surface area (Å²) in [5, 5.41) is 0. The Morgan fingerprint density at radius 1 is 1.32 bits per heavy atom. The van der Waals surface area contributed by atoms with Crippen LogP contribution in [-0.4, -0.2) is 45.9 Å². The molecule has 1 fully saturated rings. The maximum absolute atomic E-state index is 12.0. The Bertz CT molecular complexity index is 613. The van der Waals surface area contributed by atoms with Gasteiger partial charge in [-0.3, -0.25) is 4.79 Å². The molecule has 1 aromatic rings. The lowest BCUT2D eigenvalue weighted by Crippen LogP contribution is -2.50. The Labute approximate surface area is 131 Å². The third kappa shape index (κ3) is 4.53. The van der Waals surface area contributed by atoms with Crippen LogP contribution in [0.2, 0.25) is 0 Å². The van der Waals surface area contributed by atoms with Gasteiger partial charge in [0.25, 0.3) is 5.91 Å². The predicted molar refractivity (Wildman–Crippen MR) is 85.4 cm³/mol. The van der Waals surface area contributed by atoms with Crippen LogP contribution in [0.1, 0.15) is 18.9 Å². The first-order chi connectivity index (χ1) is 10.4. The highest BCUT2D eigenvalue weighted by atomic mass is 32.2. The molecule has 1 heterocycles. The molecular formula is C15H22N2O4S. The van der Waals surface area contributed by atoms with Crippen LogP contribution >= 0.6 is 0 Å². The zero-order valence-electron chi connectivity index (χ0n) is 12.9. The lowest BCUT2D eigenvalue weighted by molar-refractivity contribution is -0.129. The average Bonchev–Trinajstić information content (AvgIpc) is 2.47. The van der Waals surface area contributed by atoms with Crippen LogP contribution in [0.15, 0.2) is 24.3 Å². The summed E-state index contributed by atoms with van der Waals surface area (Å²) in [6.07, 6.45) is 0.222. The van der Waals surface area contributed by atoms with Crippen molar-refractivity contribution in [3.63, 3.8) is 0 Å². The minimum atomic E-state index is -3.27. The van der Waals surface area contributed by atoms with Crippen LogP contribution in [0.5, 0.6) is 0 Å². The van der Waals surface area contributed by atoms with Crippen molar-refractivity contribution in [1.82, 2.24) is 4.72 Å². The second-order valence-electron chi connectivity index (χ2n) is 5.44. The van der Waals surface area contributed by atoms with Gasteiger partial charge in [0, 0.05) is 12.2 Å². The van der Waals surface area contributed by atoms with Gasteiger partial charge in [-0.15, -0.1) is 0 Å². The maximum Gasteiger partial charge on any atom is 0.253 e. The molecule has 0 spiro atoms. The van der Waals surface area contributed by atoms with Crippen molar-refractivity contribution in [1.29, 1.82) is 0 Å². The van der Waals surface area contributed by atoms with Gasteiger partial charge in [0.15, 0.2) is 0 Å². The summed E-state index contributed by atoms with van der Waals surface area (Å²) in [6, 6.07) is 7.65. The van der Waals surface area contributed by atoms with Gasteiger partial charge in [-0.25, -0.2) is 13.1 Å². The molecule has 1 unspecified atom stereocenters. The van der Waals surface area contributed by atoms with Crippen molar-refractivity contribution >= 4 is 21.6 Å². The van der Waals surface area contributed by atoms with Gasteiger partial charge < -0.3 is 9.64 Å². The molecule has 6 nitrogen and oxygen atoms in total. The highest BCUT2D eigenvalue weighted by molar-refractivity contribution is 7.89. The monoisotopic (exact) mass is 326 g/mol. The van der Waals surface area contributed by atoms with Crippen LogP contribution in [0, 0.1) is 6.92 Å². The number of sulfonamides is 1. The van der Waals surface area contributed by atoms with Crippen LogP contribution in [-0.2, 0) is 19.6 Å². The maximum atomic E-state index is 12.0. The molecule has 2 rings (SSSR count). The summed E-state index contributed by atoms with van der Waals surface area (Å²) < 4.78 is 31.3. The number of hydrogen-bond donors (Lipinski definition) is 1. The number of nitrogens with one attached hydrogen (secondary N) is 1. The minimum Gasteiger partial charge on any atom is -0.365 e. The second kappa shape index (κ2) is 7.21. The fourth-order valence-corrected chi connectivity index (χ4v) is 3.41. The van der Waals surface area contributed by atoms with E-state index in [0.717, 1.165) is 11.3 Å². The number of aryl methyl sites for hydroxylation is 1. The Kier molecular flexibility index (Phi) is 5.55. The van der Waals surface area contributed by atoms with Crippen molar-refractivity contribution in [2.45, 2.75) is 26.4 Å². The van der Waals surface area contributed by atoms with E-state index in [1.54, 1.807) is 4.90 Å². The Morgan fingerprint density at radius 3 is 2.64 bits per heavy atom. The van der Waals surface area contributed by atoms with Crippen molar-refractivity contribution in [2.24, 2.45) is 0 Å². The third-order valence-corrected chi connectivity index (χ3v) is 5.03.